The molecular formula is C7H12N4O2. The monoisotopic (exact) mass is 184 g/mol. The van der Waals surface area contributed by atoms with Gasteiger partial charge < -0.3 is 10.8 Å². The van der Waals surface area contributed by atoms with Gasteiger partial charge in [-0.25, -0.2) is 4.68 Å². The van der Waals surface area contributed by atoms with Gasteiger partial charge in [0.15, 0.2) is 0 Å². The van der Waals surface area contributed by atoms with E-state index in [1.807, 2.05) is 0 Å². The highest BCUT2D eigenvalue weighted by Crippen LogP contribution is 2.14. The van der Waals surface area contributed by atoms with Crippen LogP contribution in [0.15, 0.2) is 6.20 Å². The highest BCUT2D eigenvalue weighted by Gasteiger charge is 2.18. The molecule has 1 aromatic rings. The Morgan fingerprint density at radius 2 is 2.31 bits per heavy atom. The van der Waals surface area contributed by atoms with Gasteiger partial charge in [-0.3, -0.25) is 4.79 Å². The lowest BCUT2D eigenvalue weighted by atomic mass is 10.2. The van der Waals surface area contributed by atoms with Gasteiger partial charge in [0.1, 0.15) is 6.04 Å². The molecule has 1 unspecified atom stereocenters. The lowest BCUT2D eigenvalue weighted by molar-refractivity contribution is -0.121. The first-order valence-corrected chi connectivity index (χ1v) is 3.91. The molecule has 0 bridgehead atoms. The number of primary amides is 1. The third kappa shape index (κ3) is 1.83. The molecule has 0 fully saturated rings. The third-order valence-corrected chi connectivity index (χ3v) is 1.81. The van der Waals surface area contributed by atoms with Gasteiger partial charge in [-0.15, -0.1) is 5.10 Å². The SMILES string of the molecule is CC(C(N)=O)n1nncc1[C@H](C)O. The van der Waals surface area contributed by atoms with Crippen molar-refractivity contribution in [3.8, 4) is 0 Å². The summed E-state index contributed by atoms with van der Waals surface area (Å²) in [6.07, 6.45) is 0.696. The van der Waals surface area contributed by atoms with E-state index in [1.165, 1.54) is 10.9 Å². The summed E-state index contributed by atoms with van der Waals surface area (Å²) in [5.41, 5.74) is 5.57. The highest BCUT2D eigenvalue weighted by molar-refractivity contribution is 5.77. The summed E-state index contributed by atoms with van der Waals surface area (Å²) in [5.74, 6) is -0.507. The molecule has 0 spiro atoms. The molecule has 2 atom stereocenters. The van der Waals surface area contributed by atoms with E-state index in [1.54, 1.807) is 13.8 Å². The fourth-order valence-corrected chi connectivity index (χ4v) is 0.972. The zero-order valence-corrected chi connectivity index (χ0v) is 7.51. The molecule has 72 valence electrons. The second-order valence-electron chi connectivity index (χ2n) is 2.86. The van der Waals surface area contributed by atoms with Crippen molar-refractivity contribution in [3.05, 3.63) is 11.9 Å². The lowest BCUT2D eigenvalue weighted by Crippen LogP contribution is -2.26. The summed E-state index contributed by atoms with van der Waals surface area (Å²) in [7, 11) is 0. The second kappa shape index (κ2) is 3.53. The fraction of sp³-hybridized carbons (Fsp3) is 0.571. The summed E-state index contributed by atoms with van der Waals surface area (Å²) >= 11 is 0. The van der Waals surface area contributed by atoms with Gasteiger partial charge in [-0.1, -0.05) is 5.21 Å². The standard InChI is InChI=1S/C7H12N4O2/c1-4(7(8)13)11-6(5(2)12)3-9-10-11/h3-5,12H,1-2H3,(H2,8,13)/t4?,5-/m0/s1. The molecule has 6 nitrogen and oxygen atoms in total. The number of rotatable bonds is 3. The number of carbonyl (C=O) groups is 1. The Labute approximate surface area is 75.3 Å². The molecule has 6 heteroatoms. The van der Waals surface area contributed by atoms with E-state index in [0.29, 0.717) is 5.69 Å². The van der Waals surface area contributed by atoms with Crippen LogP contribution in [-0.2, 0) is 4.79 Å². The Kier molecular flexibility index (Phi) is 2.62. The highest BCUT2D eigenvalue weighted by atomic mass is 16.3. The predicted octanol–water partition coefficient (Wildman–Crippen LogP) is -0.622. The van der Waals surface area contributed by atoms with Gasteiger partial charge in [0, 0.05) is 0 Å². The van der Waals surface area contributed by atoms with Crippen LogP contribution in [0, 0.1) is 0 Å². The third-order valence-electron chi connectivity index (χ3n) is 1.81. The largest absolute Gasteiger partial charge is 0.387 e. The molecule has 0 aliphatic carbocycles. The number of hydrogen-bond donors (Lipinski definition) is 2. The van der Waals surface area contributed by atoms with Crippen molar-refractivity contribution in [1.82, 2.24) is 15.0 Å². The molecule has 1 rings (SSSR count). The lowest BCUT2D eigenvalue weighted by Gasteiger charge is -2.11. The maximum absolute atomic E-state index is 10.8. The van der Waals surface area contributed by atoms with Crippen molar-refractivity contribution in [1.29, 1.82) is 0 Å². The second-order valence-corrected chi connectivity index (χ2v) is 2.86. The summed E-state index contributed by atoms with van der Waals surface area (Å²) < 4.78 is 1.31. The van der Waals surface area contributed by atoms with Crippen molar-refractivity contribution < 1.29 is 9.90 Å². The van der Waals surface area contributed by atoms with Crippen LogP contribution >= 0.6 is 0 Å². The van der Waals surface area contributed by atoms with Crippen molar-refractivity contribution in [2.75, 3.05) is 0 Å². The van der Waals surface area contributed by atoms with E-state index in [2.05, 4.69) is 10.3 Å². The first kappa shape index (κ1) is 9.66. The average molecular weight is 184 g/mol. The number of aliphatic hydroxyl groups excluding tert-OH is 1. The quantitative estimate of drug-likeness (QED) is 0.654. The van der Waals surface area contributed by atoms with Crippen LogP contribution in [0.1, 0.15) is 31.7 Å². The van der Waals surface area contributed by atoms with Crippen LogP contribution in [0.5, 0.6) is 0 Å². The predicted molar refractivity (Wildman–Crippen MR) is 44.6 cm³/mol. The number of aromatic nitrogens is 3. The van der Waals surface area contributed by atoms with Crippen LogP contribution in [0.25, 0.3) is 0 Å². The van der Waals surface area contributed by atoms with Crippen molar-refractivity contribution >= 4 is 5.91 Å². The molecule has 0 aliphatic heterocycles. The van der Waals surface area contributed by atoms with Gasteiger partial charge in [-0.05, 0) is 13.8 Å². The van der Waals surface area contributed by atoms with Crippen LogP contribution in [0.4, 0.5) is 0 Å². The molecule has 3 N–H and O–H groups in total. The Hall–Kier alpha value is -1.43. The Morgan fingerprint density at radius 3 is 2.77 bits per heavy atom. The van der Waals surface area contributed by atoms with Crippen molar-refractivity contribution in [2.24, 2.45) is 5.73 Å². The molecule has 1 amide bonds. The Morgan fingerprint density at radius 1 is 1.69 bits per heavy atom. The maximum Gasteiger partial charge on any atom is 0.242 e. The topological polar surface area (TPSA) is 94.0 Å². The van der Waals surface area contributed by atoms with Crippen molar-refractivity contribution in [3.63, 3.8) is 0 Å². The van der Waals surface area contributed by atoms with E-state index < -0.39 is 18.1 Å². The number of carbonyl (C=O) groups excluding carboxylic acids is 1. The smallest absolute Gasteiger partial charge is 0.242 e. The Bertz CT molecular complexity index is 307. The van der Waals surface area contributed by atoms with E-state index in [4.69, 9.17) is 5.73 Å². The molecule has 0 radical (unpaired) electrons. The molecule has 0 saturated carbocycles. The van der Waals surface area contributed by atoms with Crippen LogP contribution in [0.2, 0.25) is 0 Å². The molecule has 1 aromatic heterocycles. The fourth-order valence-electron chi connectivity index (χ4n) is 0.972. The minimum Gasteiger partial charge on any atom is -0.387 e. The molecular weight excluding hydrogens is 172 g/mol. The summed E-state index contributed by atoms with van der Waals surface area (Å²) in [6.45, 7) is 3.17. The Balaban J connectivity index is 3.00. The summed E-state index contributed by atoms with van der Waals surface area (Å²) in [5, 5.41) is 16.5. The minimum atomic E-state index is -0.711. The zero-order chi connectivity index (χ0) is 10.0. The van der Waals surface area contributed by atoms with E-state index in [9.17, 15) is 9.90 Å². The molecule has 0 saturated heterocycles. The molecule has 0 aromatic carbocycles. The molecule has 1 heterocycles. The minimum absolute atomic E-state index is 0.478. The maximum atomic E-state index is 10.8. The van der Waals surface area contributed by atoms with Gasteiger partial charge in [0.05, 0.1) is 18.0 Å². The molecule has 0 aliphatic rings. The zero-order valence-electron chi connectivity index (χ0n) is 7.51. The summed E-state index contributed by atoms with van der Waals surface area (Å²) in [4.78, 5) is 10.8. The number of amides is 1. The van der Waals surface area contributed by atoms with E-state index in [0.717, 1.165) is 0 Å². The number of aliphatic hydroxyl groups is 1. The van der Waals surface area contributed by atoms with E-state index in [-0.39, 0.29) is 0 Å². The van der Waals surface area contributed by atoms with Crippen LogP contribution < -0.4 is 5.73 Å². The van der Waals surface area contributed by atoms with Gasteiger partial charge in [0.25, 0.3) is 0 Å². The number of hydrogen-bond acceptors (Lipinski definition) is 4. The van der Waals surface area contributed by atoms with E-state index >= 15 is 0 Å². The average Bonchev–Trinajstić information content (AvgIpc) is 2.50. The van der Waals surface area contributed by atoms with Crippen LogP contribution in [-0.4, -0.2) is 26.0 Å². The van der Waals surface area contributed by atoms with Gasteiger partial charge in [-0.2, -0.15) is 0 Å². The molecule has 13 heavy (non-hydrogen) atoms. The normalized spacial score (nSPS) is 15.3. The van der Waals surface area contributed by atoms with Crippen molar-refractivity contribution in [2.45, 2.75) is 26.0 Å². The van der Waals surface area contributed by atoms with Gasteiger partial charge in [0.2, 0.25) is 5.91 Å². The number of nitrogens with two attached hydrogens (primary N) is 1. The summed E-state index contributed by atoms with van der Waals surface area (Å²) in [6, 6.07) is -0.591. The number of nitrogens with zero attached hydrogens (tertiary/aromatic N) is 3. The van der Waals surface area contributed by atoms with Gasteiger partial charge >= 0.3 is 0 Å². The first-order valence-electron chi connectivity index (χ1n) is 3.91. The van der Waals surface area contributed by atoms with Crippen LogP contribution in [0.3, 0.4) is 0 Å². The first-order chi connectivity index (χ1) is 6.04.